The second kappa shape index (κ2) is 5.68. The number of hydrogen-bond donors (Lipinski definition) is 1. The van der Waals surface area contributed by atoms with E-state index in [1.54, 1.807) is 17.9 Å². The first-order valence-corrected chi connectivity index (χ1v) is 8.07. The number of hydrogen-bond acceptors (Lipinski definition) is 3. The molecule has 2 heterocycles. The Balaban J connectivity index is 1.86. The molecule has 0 saturated carbocycles. The van der Waals surface area contributed by atoms with Crippen molar-refractivity contribution in [2.75, 3.05) is 13.1 Å². The lowest BCUT2D eigenvalue weighted by Gasteiger charge is -2.30. The van der Waals surface area contributed by atoms with Crippen molar-refractivity contribution in [1.29, 1.82) is 0 Å². The molecule has 2 N–H and O–H groups in total. The smallest absolute Gasteiger partial charge is 0.264 e. The maximum Gasteiger partial charge on any atom is 0.264 e. The second-order valence-electron chi connectivity index (χ2n) is 5.64. The molecule has 1 aromatic heterocycles. The number of nitrogens with two attached hydrogens (primary N) is 1. The van der Waals surface area contributed by atoms with Gasteiger partial charge >= 0.3 is 0 Å². The lowest BCUT2D eigenvalue weighted by Crippen LogP contribution is -2.41. The maximum absolute atomic E-state index is 13.9. The van der Waals surface area contributed by atoms with Crippen molar-refractivity contribution in [2.24, 2.45) is 11.7 Å². The quantitative estimate of drug-likeness (QED) is 0.924. The van der Waals surface area contributed by atoms with Crippen LogP contribution in [0.2, 0.25) is 0 Å². The minimum atomic E-state index is -0.299. The summed E-state index contributed by atoms with van der Waals surface area (Å²) < 4.78 is 14.7. The Kier molecular flexibility index (Phi) is 3.87. The molecule has 4 nitrogen and oxygen atoms in total. The van der Waals surface area contributed by atoms with Crippen molar-refractivity contribution < 1.29 is 14.0 Å². The first kappa shape index (κ1) is 15.0. The first-order valence-electron chi connectivity index (χ1n) is 7.25. The van der Waals surface area contributed by atoms with Crippen LogP contribution in [-0.4, -0.2) is 29.8 Å². The van der Waals surface area contributed by atoms with Crippen LogP contribution in [0.15, 0.2) is 18.2 Å². The Bertz CT molecular complexity index is 748. The minimum Gasteiger partial charge on any atom is -0.369 e. The van der Waals surface area contributed by atoms with Crippen LogP contribution in [0, 0.1) is 18.7 Å². The molecule has 1 aliphatic heterocycles. The largest absolute Gasteiger partial charge is 0.369 e. The molecule has 22 heavy (non-hydrogen) atoms. The number of aryl methyl sites for hydroxylation is 1. The SMILES string of the molecule is Cc1c(C(=O)N2CCC(C(N)=O)CC2)sc2cccc(F)c12. The van der Waals surface area contributed by atoms with Crippen LogP contribution in [0.4, 0.5) is 4.39 Å². The number of nitrogens with zero attached hydrogens (tertiary/aromatic N) is 1. The molecule has 2 aromatic rings. The predicted molar refractivity (Wildman–Crippen MR) is 84.3 cm³/mol. The zero-order valence-electron chi connectivity index (χ0n) is 12.3. The third-order valence-corrected chi connectivity index (χ3v) is 5.53. The summed E-state index contributed by atoms with van der Waals surface area (Å²) >= 11 is 1.32. The Morgan fingerprint density at radius 1 is 1.32 bits per heavy atom. The van der Waals surface area contributed by atoms with E-state index in [1.807, 2.05) is 6.07 Å². The number of thiophene rings is 1. The molecule has 1 aliphatic rings. The number of likely N-dealkylation sites (tertiary alicyclic amines) is 1. The summed E-state index contributed by atoms with van der Waals surface area (Å²) in [7, 11) is 0. The van der Waals surface area contributed by atoms with Crippen LogP contribution in [0.25, 0.3) is 10.1 Å². The van der Waals surface area contributed by atoms with Crippen LogP contribution in [0.5, 0.6) is 0 Å². The van der Waals surface area contributed by atoms with Crippen LogP contribution in [-0.2, 0) is 4.79 Å². The minimum absolute atomic E-state index is 0.0824. The standard InChI is InChI=1S/C16H17FN2O2S/c1-9-13-11(17)3-2-4-12(13)22-14(9)16(21)19-7-5-10(6-8-19)15(18)20/h2-4,10H,5-8H2,1H3,(H2,18,20). The van der Waals surface area contributed by atoms with Crippen LogP contribution < -0.4 is 5.73 Å². The van der Waals surface area contributed by atoms with E-state index < -0.39 is 0 Å². The highest BCUT2D eigenvalue weighted by Gasteiger charge is 2.28. The molecule has 1 saturated heterocycles. The highest BCUT2D eigenvalue weighted by Crippen LogP contribution is 2.34. The van der Waals surface area contributed by atoms with Gasteiger partial charge in [0.1, 0.15) is 5.82 Å². The molecule has 0 bridgehead atoms. The number of amides is 2. The Labute approximate surface area is 131 Å². The van der Waals surface area contributed by atoms with Crippen LogP contribution in [0.3, 0.4) is 0 Å². The average molecular weight is 320 g/mol. The van der Waals surface area contributed by atoms with Gasteiger partial charge in [-0.05, 0) is 37.5 Å². The molecule has 0 atom stereocenters. The van der Waals surface area contributed by atoms with Crippen LogP contribution in [0.1, 0.15) is 28.1 Å². The summed E-state index contributed by atoms with van der Waals surface area (Å²) in [6, 6.07) is 4.89. The highest BCUT2D eigenvalue weighted by molar-refractivity contribution is 7.21. The van der Waals surface area contributed by atoms with Crippen molar-refractivity contribution in [3.63, 3.8) is 0 Å². The lowest BCUT2D eigenvalue weighted by atomic mass is 9.96. The van der Waals surface area contributed by atoms with E-state index in [-0.39, 0.29) is 23.5 Å². The van der Waals surface area contributed by atoms with Gasteiger partial charge in [0.2, 0.25) is 5.91 Å². The normalized spacial score (nSPS) is 16.2. The average Bonchev–Trinajstić information content (AvgIpc) is 2.85. The Hall–Kier alpha value is -1.95. The van der Waals surface area contributed by atoms with Gasteiger partial charge < -0.3 is 10.6 Å². The van der Waals surface area contributed by atoms with E-state index in [0.29, 0.717) is 41.8 Å². The highest BCUT2D eigenvalue weighted by atomic mass is 32.1. The summed E-state index contributed by atoms with van der Waals surface area (Å²) in [6.45, 7) is 2.82. The van der Waals surface area contributed by atoms with Crippen molar-refractivity contribution in [1.82, 2.24) is 4.90 Å². The summed E-state index contributed by atoms with van der Waals surface area (Å²) in [5, 5.41) is 0.530. The van der Waals surface area contributed by atoms with Crippen molar-refractivity contribution >= 4 is 33.2 Å². The number of primary amides is 1. The lowest BCUT2D eigenvalue weighted by molar-refractivity contribution is -0.123. The number of rotatable bonds is 2. The van der Waals surface area contributed by atoms with Crippen molar-refractivity contribution in [3.8, 4) is 0 Å². The number of fused-ring (bicyclic) bond motifs is 1. The van der Waals surface area contributed by atoms with Gasteiger partial charge in [0.15, 0.2) is 0 Å². The third kappa shape index (κ3) is 2.47. The fraction of sp³-hybridized carbons (Fsp3) is 0.375. The fourth-order valence-corrected chi connectivity index (χ4v) is 4.16. The number of carbonyl (C=O) groups excluding carboxylic acids is 2. The number of piperidine rings is 1. The summed E-state index contributed by atoms with van der Waals surface area (Å²) in [4.78, 5) is 26.2. The molecule has 6 heteroatoms. The van der Waals surface area contributed by atoms with E-state index in [2.05, 4.69) is 0 Å². The van der Waals surface area contributed by atoms with Crippen LogP contribution >= 0.6 is 11.3 Å². The van der Waals surface area contributed by atoms with Crippen molar-refractivity contribution in [2.45, 2.75) is 19.8 Å². The van der Waals surface area contributed by atoms with E-state index >= 15 is 0 Å². The molecule has 3 rings (SSSR count). The van der Waals surface area contributed by atoms with Gasteiger partial charge in [-0.15, -0.1) is 11.3 Å². The third-order valence-electron chi connectivity index (χ3n) is 4.28. The summed E-state index contributed by atoms with van der Waals surface area (Å²) in [5.74, 6) is -0.823. The molecule has 0 spiro atoms. The predicted octanol–water partition coefficient (Wildman–Crippen LogP) is 2.69. The van der Waals surface area contributed by atoms with Crippen molar-refractivity contribution in [3.05, 3.63) is 34.5 Å². The number of benzene rings is 1. The molecule has 1 aromatic carbocycles. The Morgan fingerprint density at radius 2 is 2.00 bits per heavy atom. The van der Waals surface area contributed by atoms with Gasteiger partial charge in [-0.2, -0.15) is 0 Å². The van der Waals surface area contributed by atoms with Gasteiger partial charge in [0.25, 0.3) is 5.91 Å². The molecule has 0 radical (unpaired) electrons. The molecule has 2 amide bonds. The topological polar surface area (TPSA) is 63.4 Å². The first-order chi connectivity index (χ1) is 10.5. The maximum atomic E-state index is 13.9. The monoisotopic (exact) mass is 320 g/mol. The number of carbonyl (C=O) groups is 2. The van der Waals surface area contributed by atoms with E-state index in [1.165, 1.54) is 17.4 Å². The molecule has 1 fully saturated rings. The van der Waals surface area contributed by atoms with Gasteiger partial charge in [-0.25, -0.2) is 4.39 Å². The van der Waals surface area contributed by atoms with Gasteiger partial charge in [-0.1, -0.05) is 6.07 Å². The molecule has 0 aliphatic carbocycles. The van der Waals surface area contributed by atoms with Gasteiger partial charge in [0.05, 0.1) is 4.88 Å². The van der Waals surface area contributed by atoms with Gasteiger partial charge in [0, 0.05) is 29.1 Å². The molecule has 116 valence electrons. The fourth-order valence-electron chi connectivity index (χ4n) is 2.97. The van der Waals surface area contributed by atoms with E-state index in [4.69, 9.17) is 5.73 Å². The summed E-state index contributed by atoms with van der Waals surface area (Å²) in [5.41, 5.74) is 6.00. The zero-order valence-corrected chi connectivity index (χ0v) is 13.1. The zero-order chi connectivity index (χ0) is 15.9. The van der Waals surface area contributed by atoms with E-state index in [9.17, 15) is 14.0 Å². The van der Waals surface area contributed by atoms with Gasteiger partial charge in [-0.3, -0.25) is 9.59 Å². The summed E-state index contributed by atoms with van der Waals surface area (Å²) in [6.07, 6.45) is 1.19. The second-order valence-corrected chi connectivity index (χ2v) is 6.69. The van der Waals surface area contributed by atoms with E-state index in [0.717, 1.165) is 4.70 Å². The number of halogens is 1. The Morgan fingerprint density at radius 3 is 2.59 bits per heavy atom. The molecular formula is C16H17FN2O2S. The molecular weight excluding hydrogens is 303 g/mol. The molecule has 0 unspecified atom stereocenters.